The van der Waals surface area contributed by atoms with Gasteiger partial charge in [-0.15, -0.1) is 11.3 Å². The molecule has 2 aromatic rings. The molecule has 1 atom stereocenters. The van der Waals surface area contributed by atoms with E-state index in [9.17, 15) is 0 Å². The van der Waals surface area contributed by atoms with Gasteiger partial charge in [-0.05, 0) is 23.6 Å². The van der Waals surface area contributed by atoms with Crippen LogP contribution in [0.5, 0.6) is 0 Å². The Hall–Kier alpha value is -1.19. The molecular weight excluding hydrogens is 192 g/mol. The van der Waals surface area contributed by atoms with Gasteiger partial charge in [0.15, 0.2) is 0 Å². The lowest BCUT2D eigenvalue weighted by molar-refractivity contribution is 0.720. The molecule has 0 saturated carbocycles. The first-order chi connectivity index (χ1) is 6.86. The van der Waals surface area contributed by atoms with E-state index in [1.807, 2.05) is 29.6 Å². The van der Waals surface area contributed by atoms with E-state index >= 15 is 0 Å². The maximum absolute atomic E-state index is 6.04. The fourth-order valence-electron chi connectivity index (χ4n) is 1.35. The Labute approximate surface area is 87.4 Å². The second-order valence-corrected chi connectivity index (χ2v) is 4.13. The van der Waals surface area contributed by atoms with Gasteiger partial charge in [0, 0.05) is 29.2 Å². The standard InChI is InChI=1S/C11H12N2S/c12-10(11-5-3-7-14-11)8-9-4-1-2-6-13-9/h1-7,10H,8,12H2. The molecule has 0 aliphatic carbocycles. The maximum Gasteiger partial charge on any atom is 0.0445 e. The number of hydrogen-bond donors (Lipinski definition) is 1. The quantitative estimate of drug-likeness (QED) is 0.833. The van der Waals surface area contributed by atoms with Gasteiger partial charge in [-0.1, -0.05) is 12.1 Å². The van der Waals surface area contributed by atoms with E-state index in [4.69, 9.17) is 5.73 Å². The minimum Gasteiger partial charge on any atom is -0.323 e. The van der Waals surface area contributed by atoms with Crippen LogP contribution < -0.4 is 5.73 Å². The topological polar surface area (TPSA) is 38.9 Å². The van der Waals surface area contributed by atoms with Crippen LogP contribution in [0.3, 0.4) is 0 Å². The average molecular weight is 204 g/mol. The number of hydrogen-bond acceptors (Lipinski definition) is 3. The summed E-state index contributed by atoms with van der Waals surface area (Å²) in [6.07, 6.45) is 2.61. The number of nitrogens with zero attached hydrogens (tertiary/aromatic N) is 1. The summed E-state index contributed by atoms with van der Waals surface area (Å²) < 4.78 is 0. The summed E-state index contributed by atoms with van der Waals surface area (Å²) in [6, 6.07) is 10.1. The van der Waals surface area contributed by atoms with Gasteiger partial charge >= 0.3 is 0 Å². The van der Waals surface area contributed by atoms with Gasteiger partial charge in [0.2, 0.25) is 0 Å². The second-order valence-electron chi connectivity index (χ2n) is 3.15. The number of nitrogens with two attached hydrogens (primary N) is 1. The van der Waals surface area contributed by atoms with Gasteiger partial charge < -0.3 is 5.73 Å². The fraction of sp³-hybridized carbons (Fsp3) is 0.182. The third kappa shape index (κ3) is 2.19. The molecule has 14 heavy (non-hydrogen) atoms. The van der Waals surface area contributed by atoms with Gasteiger partial charge in [-0.2, -0.15) is 0 Å². The molecule has 2 heterocycles. The minimum atomic E-state index is 0.0740. The van der Waals surface area contributed by atoms with Crippen LogP contribution in [0.2, 0.25) is 0 Å². The van der Waals surface area contributed by atoms with Crippen molar-refractivity contribution in [3.8, 4) is 0 Å². The Bertz CT molecular complexity index is 369. The molecule has 2 nitrogen and oxygen atoms in total. The predicted molar refractivity (Wildman–Crippen MR) is 59.2 cm³/mol. The largest absolute Gasteiger partial charge is 0.323 e. The normalized spacial score (nSPS) is 12.6. The van der Waals surface area contributed by atoms with Crippen molar-refractivity contribution in [3.05, 3.63) is 52.5 Å². The van der Waals surface area contributed by atoms with E-state index < -0.39 is 0 Å². The number of aromatic nitrogens is 1. The van der Waals surface area contributed by atoms with Gasteiger partial charge in [-0.25, -0.2) is 0 Å². The zero-order valence-electron chi connectivity index (χ0n) is 7.76. The van der Waals surface area contributed by atoms with Crippen molar-refractivity contribution in [2.45, 2.75) is 12.5 Å². The Balaban J connectivity index is 2.06. The summed E-state index contributed by atoms with van der Waals surface area (Å²) in [5.41, 5.74) is 7.09. The number of rotatable bonds is 3. The van der Waals surface area contributed by atoms with Crippen LogP contribution in [-0.2, 0) is 6.42 Å². The first-order valence-electron chi connectivity index (χ1n) is 4.55. The second kappa shape index (κ2) is 4.35. The Morgan fingerprint density at radius 3 is 2.86 bits per heavy atom. The number of pyridine rings is 1. The summed E-state index contributed by atoms with van der Waals surface area (Å²) >= 11 is 1.70. The molecule has 0 aliphatic heterocycles. The highest BCUT2D eigenvalue weighted by Crippen LogP contribution is 2.19. The van der Waals surface area contributed by atoms with Crippen LogP contribution in [0.25, 0.3) is 0 Å². The highest BCUT2D eigenvalue weighted by molar-refractivity contribution is 7.10. The average Bonchev–Trinajstić information content (AvgIpc) is 2.72. The third-order valence-electron chi connectivity index (χ3n) is 2.06. The van der Waals surface area contributed by atoms with Crippen LogP contribution >= 0.6 is 11.3 Å². The van der Waals surface area contributed by atoms with E-state index in [0.29, 0.717) is 0 Å². The van der Waals surface area contributed by atoms with Crippen molar-refractivity contribution in [1.82, 2.24) is 4.98 Å². The van der Waals surface area contributed by atoms with E-state index in [1.54, 1.807) is 17.5 Å². The maximum atomic E-state index is 6.04. The summed E-state index contributed by atoms with van der Waals surface area (Å²) in [6.45, 7) is 0. The first-order valence-corrected chi connectivity index (χ1v) is 5.43. The van der Waals surface area contributed by atoms with Crippen molar-refractivity contribution in [3.63, 3.8) is 0 Å². The Morgan fingerprint density at radius 1 is 1.29 bits per heavy atom. The summed E-state index contributed by atoms with van der Waals surface area (Å²) in [7, 11) is 0. The zero-order chi connectivity index (χ0) is 9.80. The molecule has 2 rings (SSSR count). The van der Waals surface area contributed by atoms with Crippen LogP contribution in [-0.4, -0.2) is 4.98 Å². The Kier molecular flexibility index (Phi) is 2.91. The lowest BCUT2D eigenvalue weighted by atomic mass is 10.1. The molecular formula is C11H12N2S. The van der Waals surface area contributed by atoms with Crippen molar-refractivity contribution >= 4 is 11.3 Å². The molecule has 2 N–H and O–H groups in total. The molecule has 0 spiro atoms. The molecule has 0 radical (unpaired) electrons. The van der Waals surface area contributed by atoms with Gasteiger partial charge in [0.25, 0.3) is 0 Å². The zero-order valence-corrected chi connectivity index (χ0v) is 8.58. The molecule has 0 aliphatic rings. The number of thiophene rings is 1. The molecule has 0 saturated heterocycles. The van der Waals surface area contributed by atoms with Gasteiger partial charge in [0.05, 0.1) is 0 Å². The van der Waals surface area contributed by atoms with Crippen molar-refractivity contribution in [2.75, 3.05) is 0 Å². The van der Waals surface area contributed by atoms with E-state index in [0.717, 1.165) is 12.1 Å². The molecule has 0 amide bonds. The van der Waals surface area contributed by atoms with Crippen LogP contribution in [0, 0.1) is 0 Å². The van der Waals surface area contributed by atoms with Crippen molar-refractivity contribution in [1.29, 1.82) is 0 Å². The summed E-state index contributed by atoms with van der Waals surface area (Å²) in [5, 5.41) is 2.05. The van der Waals surface area contributed by atoms with Crippen molar-refractivity contribution in [2.24, 2.45) is 5.73 Å². The SMILES string of the molecule is NC(Cc1ccccn1)c1cccs1. The van der Waals surface area contributed by atoms with Crippen LogP contribution in [0.1, 0.15) is 16.6 Å². The van der Waals surface area contributed by atoms with Crippen molar-refractivity contribution < 1.29 is 0 Å². The highest BCUT2D eigenvalue weighted by atomic mass is 32.1. The first kappa shape index (κ1) is 9.37. The molecule has 1 unspecified atom stereocenters. The van der Waals surface area contributed by atoms with E-state index in [1.165, 1.54) is 4.88 Å². The van der Waals surface area contributed by atoms with Crippen LogP contribution in [0.4, 0.5) is 0 Å². The summed E-state index contributed by atoms with van der Waals surface area (Å²) in [5.74, 6) is 0. The Morgan fingerprint density at radius 2 is 2.21 bits per heavy atom. The van der Waals surface area contributed by atoms with Gasteiger partial charge in [0.1, 0.15) is 0 Å². The van der Waals surface area contributed by atoms with E-state index in [2.05, 4.69) is 11.1 Å². The monoisotopic (exact) mass is 204 g/mol. The fourth-order valence-corrected chi connectivity index (χ4v) is 2.08. The lowest BCUT2D eigenvalue weighted by Gasteiger charge is -2.07. The minimum absolute atomic E-state index is 0.0740. The molecule has 72 valence electrons. The third-order valence-corrected chi connectivity index (χ3v) is 3.07. The molecule has 3 heteroatoms. The molecule has 0 fully saturated rings. The lowest BCUT2D eigenvalue weighted by Crippen LogP contribution is -2.12. The molecule has 0 bridgehead atoms. The van der Waals surface area contributed by atoms with Crippen LogP contribution in [0.15, 0.2) is 41.9 Å². The smallest absolute Gasteiger partial charge is 0.0445 e. The predicted octanol–water partition coefficient (Wildman–Crippen LogP) is 2.39. The van der Waals surface area contributed by atoms with E-state index in [-0.39, 0.29) is 6.04 Å². The molecule has 0 aromatic carbocycles. The molecule has 2 aromatic heterocycles. The highest BCUT2D eigenvalue weighted by Gasteiger charge is 2.07. The summed E-state index contributed by atoms with van der Waals surface area (Å²) in [4.78, 5) is 5.47. The van der Waals surface area contributed by atoms with Gasteiger partial charge in [-0.3, -0.25) is 4.98 Å².